The molecule has 0 fully saturated rings. The number of carbonyl (C=O) groups is 1. The van der Waals surface area contributed by atoms with Crippen molar-refractivity contribution in [2.45, 2.75) is 0 Å². The molecule has 0 heterocycles. The van der Waals surface area contributed by atoms with Gasteiger partial charge in [-0.2, -0.15) is 0 Å². The van der Waals surface area contributed by atoms with Crippen molar-refractivity contribution in [3.8, 4) is 0 Å². The average molecular weight is 92.5 g/mol. The van der Waals surface area contributed by atoms with E-state index in [9.17, 15) is 0 Å². The molecule has 28 valence electrons. The summed E-state index contributed by atoms with van der Waals surface area (Å²) in [7, 11) is 0. The zero-order valence-electron chi connectivity index (χ0n) is 2.23. The fourth-order valence-electron chi connectivity index (χ4n) is 0. The third kappa shape index (κ3) is 3.76. The molecule has 0 aliphatic rings. The van der Waals surface area contributed by atoms with Crippen molar-refractivity contribution in [1.29, 1.82) is 0 Å². The quantitative estimate of drug-likeness (QED) is 0.507. The van der Waals surface area contributed by atoms with Crippen LogP contribution in [-0.2, 0) is 4.79 Å². The van der Waals surface area contributed by atoms with Crippen LogP contribution in [-0.4, -0.2) is 11.1 Å². The standard InChI is InChI=1S/C2HClO2/c3-1-2(4)5/h(H,4,5). The minimum absolute atomic E-state index is 1.23. The Labute approximate surface area is 34.4 Å². The lowest BCUT2D eigenvalue weighted by Crippen LogP contribution is -1.86. The second-order valence-corrected chi connectivity index (χ2v) is 0.589. The van der Waals surface area contributed by atoms with Gasteiger partial charge in [-0.05, 0) is 0 Å². The van der Waals surface area contributed by atoms with Crippen LogP contribution < -0.4 is 0 Å². The fraction of sp³-hybridized carbons (Fsp3) is 0. The molecular formula is C2HClO2. The molecule has 0 amide bonds. The van der Waals surface area contributed by atoms with Crippen LogP contribution in [0.2, 0.25) is 0 Å². The molecule has 0 bridgehead atoms. The first kappa shape index (κ1) is 4.76. The Balaban J connectivity index is 2.85. The van der Waals surface area contributed by atoms with Gasteiger partial charge in [0.15, 0.2) is 0 Å². The van der Waals surface area contributed by atoms with Gasteiger partial charge in [-0.3, -0.25) is 4.79 Å². The predicted molar refractivity (Wildman–Crippen MR) is 16.7 cm³/mol. The summed E-state index contributed by atoms with van der Waals surface area (Å²) in [6.45, 7) is 0. The van der Waals surface area contributed by atoms with E-state index >= 15 is 0 Å². The Morgan fingerprint density at radius 1 is 2.00 bits per heavy atom. The highest BCUT2D eigenvalue weighted by molar-refractivity contribution is 6.32. The molecule has 0 aromatic rings. The molecule has 0 rings (SSSR count). The third-order valence-corrected chi connectivity index (χ3v) is 0.243. The fourth-order valence-corrected chi connectivity index (χ4v) is 0. The van der Waals surface area contributed by atoms with Gasteiger partial charge < -0.3 is 5.11 Å². The number of hydrogen-bond acceptors (Lipinski definition) is 1. The molecule has 5 heavy (non-hydrogen) atoms. The van der Waals surface area contributed by atoms with Crippen LogP contribution in [0.1, 0.15) is 0 Å². The number of rotatable bonds is 1. The smallest absolute Gasteiger partial charge is 0.329 e. The molecule has 0 saturated carbocycles. The largest absolute Gasteiger partial charge is 0.480 e. The zero-order chi connectivity index (χ0) is 4.28. The summed E-state index contributed by atoms with van der Waals surface area (Å²) in [5.41, 5.74) is 0. The maximum Gasteiger partial charge on any atom is 0.329 e. The van der Waals surface area contributed by atoms with Crippen molar-refractivity contribution in [3.05, 3.63) is 5.88 Å². The molecular weight excluding hydrogens is 91.5 g/mol. The molecule has 0 unspecified atom stereocenters. The topological polar surface area (TPSA) is 37.3 Å². The summed E-state index contributed by atoms with van der Waals surface area (Å²) in [6, 6.07) is 0. The van der Waals surface area contributed by atoms with Crippen LogP contribution >= 0.6 is 11.6 Å². The highest BCUT2D eigenvalue weighted by Gasteiger charge is 1.86. The molecule has 0 atom stereocenters. The molecule has 0 aromatic heterocycles. The van der Waals surface area contributed by atoms with Crippen molar-refractivity contribution in [2.75, 3.05) is 0 Å². The van der Waals surface area contributed by atoms with Crippen LogP contribution in [0.15, 0.2) is 0 Å². The number of carboxylic acids is 1. The first-order valence-corrected chi connectivity index (χ1v) is 1.24. The zero-order valence-corrected chi connectivity index (χ0v) is 2.99. The Morgan fingerprint density at radius 3 is 2.20 bits per heavy atom. The normalized spacial score (nSPS) is 7.40. The van der Waals surface area contributed by atoms with Gasteiger partial charge in [-0.15, -0.1) is 11.6 Å². The second kappa shape index (κ2) is 2.03. The van der Waals surface area contributed by atoms with E-state index in [0.717, 1.165) is 0 Å². The lowest BCUT2D eigenvalue weighted by atomic mass is 10.8. The van der Waals surface area contributed by atoms with E-state index in [-0.39, 0.29) is 0 Å². The summed E-state index contributed by atoms with van der Waals surface area (Å²) in [6.07, 6.45) is 0. The van der Waals surface area contributed by atoms with Gasteiger partial charge in [-0.1, -0.05) is 0 Å². The van der Waals surface area contributed by atoms with Crippen LogP contribution in [0.3, 0.4) is 0 Å². The lowest BCUT2D eigenvalue weighted by molar-refractivity contribution is -0.132. The Morgan fingerprint density at radius 2 is 2.20 bits per heavy atom. The van der Waals surface area contributed by atoms with E-state index in [2.05, 4.69) is 11.6 Å². The van der Waals surface area contributed by atoms with Crippen LogP contribution in [0, 0.1) is 5.88 Å². The average Bonchev–Trinajstić information content (AvgIpc) is 1.38. The molecule has 2 radical (unpaired) electrons. The van der Waals surface area contributed by atoms with Crippen molar-refractivity contribution < 1.29 is 9.90 Å². The molecule has 0 aliphatic carbocycles. The molecule has 0 saturated heterocycles. The van der Waals surface area contributed by atoms with Crippen molar-refractivity contribution in [2.24, 2.45) is 0 Å². The molecule has 3 heteroatoms. The van der Waals surface area contributed by atoms with Crippen LogP contribution in [0.4, 0.5) is 0 Å². The Kier molecular flexibility index (Phi) is 1.93. The number of halogens is 1. The highest BCUT2D eigenvalue weighted by Crippen LogP contribution is 1.77. The molecule has 0 aliphatic heterocycles. The monoisotopic (exact) mass is 92.0 g/mol. The Hall–Kier alpha value is -0.240. The molecule has 0 spiro atoms. The minimum Gasteiger partial charge on any atom is -0.480 e. The van der Waals surface area contributed by atoms with E-state index in [1.807, 2.05) is 0 Å². The molecule has 2 nitrogen and oxygen atoms in total. The van der Waals surface area contributed by atoms with E-state index in [1.165, 1.54) is 5.88 Å². The summed E-state index contributed by atoms with van der Waals surface area (Å²) < 4.78 is 0. The maximum atomic E-state index is 9.12. The molecule has 0 aromatic carbocycles. The summed E-state index contributed by atoms with van der Waals surface area (Å²) in [4.78, 5) is 9.12. The molecule has 1 N–H and O–H groups in total. The van der Waals surface area contributed by atoms with Gasteiger partial charge in [0, 0.05) is 0 Å². The van der Waals surface area contributed by atoms with Crippen molar-refractivity contribution in [3.63, 3.8) is 0 Å². The first-order valence-electron chi connectivity index (χ1n) is 0.867. The number of aliphatic carboxylic acids is 1. The summed E-state index contributed by atoms with van der Waals surface area (Å²) in [5.74, 6) is 0.187. The van der Waals surface area contributed by atoms with Gasteiger partial charge >= 0.3 is 5.97 Å². The summed E-state index contributed by atoms with van der Waals surface area (Å²) in [5, 5.41) is 7.48. The highest BCUT2D eigenvalue weighted by atomic mass is 35.5. The minimum atomic E-state index is -1.23. The lowest BCUT2D eigenvalue weighted by Gasteiger charge is -1.67. The third-order valence-electron chi connectivity index (χ3n) is 0.0808. The predicted octanol–water partition coefficient (Wildman–Crippen LogP) is 0.349. The summed E-state index contributed by atoms with van der Waals surface area (Å²) >= 11 is 4.49. The van der Waals surface area contributed by atoms with Gasteiger partial charge in [-0.25, -0.2) is 0 Å². The van der Waals surface area contributed by atoms with Crippen molar-refractivity contribution in [1.82, 2.24) is 0 Å². The first-order chi connectivity index (χ1) is 2.27. The number of hydrogen-bond donors (Lipinski definition) is 1. The van der Waals surface area contributed by atoms with Crippen LogP contribution in [0.25, 0.3) is 0 Å². The van der Waals surface area contributed by atoms with Gasteiger partial charge in [0.1, 0.15) is 0 Å². The SMILES string of the molecule is O=C(O)[C]Cl. The van der Waals surface area contributed by atoms with E-state index in [1.54, 1.807) is 0 Å². The van der Waals surface area contributed by atoms with Gasteiger partial charge in [0.25, 0.3) is 0 Å². The van der Waals surface area contributed by atoms with Crippen LogP contribution in [0.5, 0.6) is 0 Å². The van der Waals surface area contributed by atoms with E-state index < -0.39 is 5.97 Å². The van der Waals surface area contributed by atoms with E-state index in [0.29, 0.717) is 0 Å². The maximum absolute atomic E-state index is 9.12. The van der Waals surface area contributed by atoms with Crippen molar-refractivity contribution >= 4 is 17.6 Å². The van der Waals surface area contributed by atoms with Gasteiger partial charge in [0.2, 0.25) is 5.88 Å². The van der Waals surface area contributed by atoms with E-state index in [4.69, 9.17) is 9.90 Å². The Bertz CT molecular complexity index is 42.9. The second-order valence-electron chi connectivity index (χ2n) is 0.400. The van der Waals surface area contributed by atoms with Gasteiger partial charge in [0.05, 0.1) is 0 Å². The number of carboxylic acid groups (broad SMARTS) is 1.